The molecule has 1 N–H and O–H groups in total. The molecule has 2 aromatic rings. The van der Waals surface area contributed by atoms with Gasteiger partial charge >= 0.3 is 0 Å². The molecule has 2 aromatic carbocycles. The number of carbonyl (C=O) groups is 2. The van der Waals surface area contributed by atoms with Gasteiger partial charge in [-0.1, -0.05) is 44.2 Å². The number of hydrogen-bond acceptors (Lipinski definition) is 4. The van der Waals surface area contributed by atoms with Gasteiger partial charge in [-0.15, -0.1) is 0 Å². The smallest absolute Gasteiger partial charge is 0.280 e. The molecule has 26 heavy (non-hydrogen) atoms. The van der Waals surface area contributed by atoms with E-state index in [1.807, 2.05) is 56.3 Å². The molecule has 0 radical (unpaired) electrons. The van der Waals surface area contributed by atoms with Crippen LogP contribution < -0.4 is 10.2 Å². The molecule has 0 saturated heterocycles. The molecular weight excluding hydrogens is 328 g/mol. The van der Waals surface area contributed by atoms with Crippen molar-refractivity contribution in [1.82, 2.24) is 5.43 Å². The lowest BCUT2D eigenvalue weighted by atomic mass is 9.76. The number of nitrogens with one attached hydrogen (secondary N) is 1. The van der Waals surface area contributed by atoms with Crippen LogP contribution in [0.3, 0.4) is 0 Å². The molecular formula is C21H24N2O3. The standard InChI is InChI=1S/C21H24N2O3/c1-14(26-19-9-8-15-6-4-5-7-16(15)10-19)20(25)23-22-17-11-18(24)13-21(2,3)12-17/h4-10,14H,11-13H2,1-3H3,(H,23,25)/b22-17-/t14-/m1/s1. The minimum Gasteiger partial charge on any atom is -0.481 e. The number of hydrazone groups is 1. The van der Waals surface area contributed by atoms with Crippen LogP contribution in [0.2, 0.25) is 0 Å². The third-order valence-corrected chi connectivity index (χ3v) is 4.49. The summed E-state index contributed by atoms with van der Waals surface area (Å²) in [4.78, 5) is 24.1. The van der Waals surface area contributed by atoms with Crippen LogP contribution in [-0.4, -0.2) is 23.5 Å². The summed E-state index contributed by atoms with van der Waals surface area (Å²) in [6.45, 7) is 5.75. The summed E-state index contributed by atoms with van der Waals surface area (Å²) in [6.07, 6.45) is 0.886. The number of carbonyl (C=O) groups excluding carboxylic acids is 2. The van der Waals surface area contributed by atoms with Gasteiger partial charge in [-0.05, 0) is 41.7 Å². The second kappa shape index (κ2) is 7.28. The van der Waals surface area contributed by atoms with E-state index in [4.69, 9.17) is 4.74 Å². The van der Waals surface area contributed by atoms with Gasteiger partial charge in [0.1, 0.15) is 11.5 Å². The fourth-order valence-corrected chi connectivity index (χ4v) is 3.30. The molecule has 136 valence electrons. The fraction of sp³-hybridized carbons (Fsp3) is 0.381. The SMILES string of the molecule is C[C@@H](Oc1ccc2ccccc2c1)C(=O)N/N=C1/CC(=O)CC(C)(C)C1. The first-order valence-electron chi connectivity index (χ1n) is 8.85. The van der Waals surface area contributed by atoms with Crippen LogP contribution in [0.1, 0.15) is 40.0 Å². The minimum absolute atomic E-state index is 0.105. The summed E-state index contributed by atoms with van der Waals surface area (Å²) >= 11 is 0. The first kappa shape index (κ1) is 18.1. The minimum atomic E-state index is -0.687. The van der Waals surface area contributed by atoms with Crippen LogP contribution >= 0.6 is 0 Å². The maximum Gasteiger partial charge on any atom is 0.280 e. The van der Waals surface area contributed by atoms with E-state index in [1.54, 1.807) is 6.92 Å². The number of fused-ring (bicyclic) bond motifs is 1. The molecule has 5 nitrogen and oxygen atoms in total. The number of nitrogens with zero attached hydrogens (tertiary/aromatic N) is 1. The van der Waals surface area contributed by atoms with Crippen LogP contribution in [0.25, 0.3) is 10.8 Å². The number of benzene rings is 2. The van der Waals surface area contributed by atoms with E-state index in [9.17, 15) is 9.59 Å². The lowest BCUT2D eigenvalue weighted by Gasteiger charge is -2.29. The highest BCUT2D eigenvalue weighted by atomic mass is 16.5. The van der Waals surface area contributed by atoms with Crippen LogP contribution in [0.15, 0.2) is 47.6 Å². The van der Waals surface area contributed by atoms with Gasteiger partial charge in [-0.25, -0.2) is 5.43 Å². The Labute approximate surface area is 153 Å². The predicted molar refractivity (Wildman–Crippen MR) is 102 cm³/mol. The Morgan fingerprint density at radius 2 is 1.88 bits per heavy atom. The topological polar surface area (TPSA) is 67.8 Å². The Balaban J connectivity index is 1.62. The molecule has 0 spiro atoms. The first-order valence-corrected chi connectivity index (χ1v) is 8.85. The predicted octanol–water partition coefficient (Wildman–Crippen LogP) is 3.86. The zero-order valence-electron chi connectivity index (χ0n) is 15.4. The highest BCUT2D eigenvalue weighted by Gasteiger charge is 2.30. The molecule has 1 saturated carbocycles. The highest BCUT2D eigenvalue weighted by Crippen LogP contribution is 2.31. The number of ether oxygens (including phenoxy) is 1. The van der Waals surface area contributed by atoms with Crippen molar-refractivity contribution in [2.45, 2.75) is 46.1 Å². The van der Waals surface area contributed by atoms with Crippen molar-refractivity contribution in [3.63, 3.8) is 0 Å². The van der Waals surface area contributed by atoms with E-state index in [-0.39, 0.29) is 17.1 Å². The molecule has 1 amide bonds. The Morgan fingerprint density at radius 3 is 2.62 bits per heavy atom. The molecule has 0 unspecified atom stereocenters. The van der Waals surface area contributed by atoms with Gasteiger partial charge in [0, 0.05) is 18.6 Å². The van der Waals surface area contributed by atoms with E-state index in [2.05, 4.69) is 10.5 Å². The summed E-state index contributed by atoms with van der Waals surface area (Å²) in [5, 5.41) is 6.33. The lowest BCUT2D eigenvalue weighted by Crippen LogP contribution is -2.36. The molecule has 3 rings (SSSR count). The van der Waals surface area contributed by atoms with E-state index >= 15 is 0 Å². The van der Waals surface area contributed by atoms with E-state index in [1.165, 1.54) is 0 Å². The summed E-state index contributed by atoms with van der Waals surface area (Å²) < 4.78 is 5.74. The van der Waals surface area contributed by atoms with Crippen LogP contribution in [0, 0.1) is 5.41 Å². The highest BCUT2D eigenvalue weighted by molar-refractivity contribution is 6.05. The third-order valence-electron chi connectivity index (χ3n) is 4.49. The fourth-order valence-electron chi connectivity index (χ4n) is 3.30. The third kappa shape index (κ3) is 4.48. The second-order valence-corrected chi connectivity index (χ2v) is 7.66. The van der Waals surface area contributed by atoms with Crippen molar-refractivity contribution in [1.29, 1.82) is 0 Å². The Bertz CT molecular complexity index is 870. The quantitative estimate of drug-likeness (QED) is 0.850. The van der Waals surface area contributed by atoms with Gasteiger partial charge in [0.2, 0.25) is 0 Å². The number of Topliss-reactive ketones (excluding diaryl/α,β-unsaturated/α-hetero) is 1. The van der Waals surface area contributed by atoms with E-state index in [0.717, 1.165) is 16.5 Å². The maximum absolute atomic E-state index is 12.3. The number of ketones is 1. The first-order chi connectivity index (χ1) is 12.3. The monoisotopic (exact) mass is 352 g/mol. The van der Waals surface area contributed by atoms with Gasteiger partial charge < -0.3 is 4.74 Å². The van der Waals surface area contributed by atoms with Crippen molar-refractivity contribution in [3.05, 3.63) is 42.5 Å². The van der Waals surface area contributed by atoms with E-state index in [0.29, 0.717) is 25.0 Å². The average molecular weight is 352 g/mol. The molecule has 5 heteroatoms. The van der Waals surface area contributed by atoms with Crippen LogP contribution in [0.5, 0.6) is 5.75 Å². The van der Waals surface area contributed by atoms with Crippen LogP contribution in [0.4, 0.5) is 0 Å². The van der Waals surface area contributed by atoms with Gasteiger partial charge in [0.25, 0.3) is 5.91 Å². The van der Waals surface area contributed by atoms with Crippen molar-refractivity contribution < 1.29 is 14.3 Å². The Morgan fingerprint density at radius 1 is 1.15 bits per heavy atom. The van der Waals surface area contributed by atoms with Crippen LogP contribution in [-0.2, 0) is 9.59 Å². The van der Waals surface area contributed by atoms with Crippen molar-refractivity contribution in [2.24, 2.45) is 10.5 Å². The summed E-state index contributed by atoms with van der Waals surface area (Å²) in [5.74, 6) is 0.462. The largest absolute Gasteiger partial charge is 0.481 e. The Kier molecular flexibility index (Phi) is 5.07. The Hall–Kier alpha value is -2.69. The molecule has 0 aliphatic heterocycles. The number of rotatable bonds is 4. The summed E-state index contributed by atoms with van der Waals surface area (Å²) in [6, 6.07) is 13.7. The van der Waals surface area contributed by atoms with Crippen molar-refractivity contribution in [2.75, 3.05) is 0 Å². The lowest BCUT2D eigenvalue weighted by molar-refractivity contribution is -0.127. The van der Waals surface area contributed by atoms with Crippen molar-refractivity contribution >= 4 is 28.2 Å². The molecule has 1 aliphatic rings. The molecule has 1 atom stereocenters. The molecule has 1 aliphatic carbocycles. The zero-order valence-corrected chi connectivity index (χ0v) is 15.4. The number of hydrogen-bond donors (Lipinski definition) is 1. The van der Waals surface area contributed by atoms with Gasteiger partial charge in [-0.3, -0.25) is 9.59 Å². The average Bonchev–Trinajstić information content (AvgIpc) is 2.57. The number of amides is 1. The normalized spacial score (nSPS) is 19.3. The zero-order chi connectivity index (χ0) is 18.7. The van der Waals surface area contributed by atoms with Crippen molar-refractivity contribution in [3.8, 4) is 5.75 Å². The molecule has 0 bridgehead atoms. The molecule has 1 fully saturated rings. The molecule has 0 aromatic heterocycles. The van der Waals surface area contributed by atoms with Gasteiger partial charge in [0.15, 0.2) is 6.10 Å². The van der Waals surface area contributed by atoms with Gasteiger partial charge in [0.05, 0.1) is 0 Å². The maximum atomic E-state index is 12.3. The second-order valence-electron chi connectivity index (χ2n) is 7.66. The summed E-state index contributed by atoms with van der Waals surface area (Å²) in [7, 11) is 0. The van der Waals surface area contributed by atoms with Gasteiger partial charge in [-0.2, -0.15) is 5.10 Å². The summed E-state index contributed by atoms with van der Waals surface area (Å²) in [5.41, 5.74) is 3.15. The van der Waals surface area contributed by atoms with E-state index < -0.39 is 6.10 Å². The molecule has 0 heterocycles.